The standard InChI is InChI=1S/C23H25N3O3/c1-25(14-12-17-7-5-6-13-24-17)21(27)16-10-11-19-20(15-16)23(29)26(22(19)28)18-8-3-2-4-9-18/h5-7,10-11,13,15,18H,2-4,8-9,12,14H2,1H3. The third-order valence-corrected chi connectivity index (χ3v) is 5.88. The fourth-order valence-electron chi connectivity index (χ4n) is 4.21. The molecule has 1 aromatic carbocycles. The lowest BCUT2D eigenvalue weighted by atomic mass is 9.94. The van der Waals surface area contributed by atoms with Crippen molar-refractivity contribution in [3.8, 4) is 0 Å². The Labute approximate surface area is 170 Å². The predicted molar refractivity (Wildman–Crippen MR) is 109 cm³/mol. The average molecular weight is 391 g/mol. The van der Waals surface area contributed by atoms with Gasteiger partial charge in [-0.3, -0.25) is 24.3 Å². The first-order valence-corrected chi connectivity index (χ1v) is 10.2. The van der Waals surface area contributed by atoms with Gasteiger partial charge in [0.15, 0.2) is 0 Å². The number of nitrogens with zero attached hydrogens (tertiary/aromatic N) is 3. The SMILES string of the molecule is CN(CCc1ccccn1)C(=O)c1ccc2c(c1)C(=O)N(C1CCCCC1)C2=O. The van der Waals surface area contributed by atoms with Crippen LogP contribution in [0.2, 0.25) is 0 Å². The molecule has 3 amide bonds. The number of rotatable bonds is 5. The molecule has 0 bridgehead atoms. The van der Waals surface area contributed by atoms with Crippen molar-refractivity contribution in [1.29, 1.82) is 0 Å². The maximum atomic E-state index is 12.9. The highest BCUT2D eigenvalue weighted by Gasteiger charge is 2.40. The molecule has 0 spiro atoms. The van der Waals surface area contributed by atoms with Crippen LogP contribution in [0, 0.1) is 0 Å². The zero-order chi connectivity index (χ0) is 20.4. The second-order valence-electron chi connectivity index (χ2n) is 7.83. The van der Waals surface area contributed by atoms with Gasteiger partial charge in [0.05, 0.1) is 11.1 Å². The Hall–Kier alpha value is -3.02. The number of imide groups is 1. The second-order valence-corrected chi connectivity index (χ2v) is 7.83. The highest BCUT2D eigenvalue weighted by atomic mass is 16.2. The number of carbonyl (C=O) groups is 3. The molecule has 29 heavy (non-hydrogen) atoms. The molecule has 6 heteroatoms. The smallest absolute Gasteiger partial charge is 0.261 e. The molecule has 1 aliphatic carbocycles. The number of aromatic nitrogens is 1. The number of amides is 3. The average Bonchev–Trinajstić information content (AvgIpc) is 3.02. The van der Waals surface area contributed by atoms with Gasteiger partial charge in [0.25, 0.3) is 17.7 Å². The van der Waals surface area contributed by atoms with E-state index in [9.17, 15) is 14.4 Å². The van der Waals surface area contributed by atoms with Gasteiger partial charge in [-0.25, -0.2) is 0 Å². The van der Waals surface area contributed by atoms with E-state index in [0.717, 1.165) is 37.8 Å². The van der Waals surface area contributed by atoms with Crippen LogP contribution in [0.1, 0.15) is 68.9 Å². The van der Waals surface area contributed by atoms with Crippen LogP contribution in [0.15, 0.2) is 42.6 Å². The quantitative estimate of drug-likeness (QED) is 0.733. The van der Waals surface area contributed by atoms with Gasteiger partial charge in [-0.1, -0.05) is 25.3 Å². The van der Waals surface area contributed by atoms with Crippen molar-refractivity contribution >= 4 is 17.7 Å². The van der Waals surface area contributed by atoms with E-state index in [1.54, 1.807) is 36.3 Å². The third kappa shape index (κ3) is 3.79. The van der Waals surface area contributed by atoms with Gasteiger partial charge in [0.1, 0.15) is 0 Å². The third-order valence-electron chi connectivity index (χ3n) is 5.88. The molecule has 150 valence electrons. The van der Waals surface area contributed by atoms with Gasteiger partial charge in [-0.05, 0) is 43.2 Å². The summed E-state index contributed by atoms with van der Waals surface area (Å²) < 4.78 is 0. The van der Waals surface area contributed by atoms with Crippen molar-refractivity contribution in [2.24, 2.45) is 0 Å². The van der Waals surface area contributed by atoms with Crippen LogP contribution in [-0.2, 0) is 6.42 Å². The van der Waals surface area contributed by atoms with Crippen LogP contribution in [0.3, 0.4) is 0 Å². The number of benzene rings is 1. The van der Waals surface area contributed by atoms with E-state index in [-0.39, 0.29) is 23.8 Å². The maximum Gasteiger partial charge on any atom is 0.261 e. The van der Waals surface area contributed by atoms with Gasteiger partial charge >= 0.3 is 0 Å². The minimum atomic E-state index is -0.261. The summed E-state index contributed by atoms with van der Waals surface area (Å²) >= 11 is 0. The van der Waals surface area contributed by atoms with Crippen LogP contribution in [0.4, 0.5) is 0 Å². The molecule has 6 nitrogen and oxygen atoms in total. The van der Waals surface area contributed by atoms with Crippen LogP contribution in [0.5, 0.6) is 0 Å². The Morgan fingerprint density at radius 3 is 2.55 bits per heavy atom. The molecule has 1 aromatic heterocycles. The maximum absolute atomic E-state index is 12.9. The van der Waals surface area contributed by atoms with E-state index in [2.05, 4.69) is 4.98 Å². The summed E-state index contributed by atoms with van der Waals surface area (Å²) in [5.74, 6) is -0.651. The molecule has 0 radical (unpaired) electrons. The molecule has 4 rings (SSSR count). The van der Waals surface area contributed by atoms with Gasteiger partial charge in [-0.2, -0.15) is 0 Å². The summed E-state index contributed by atoms with van der Waals surface area (Å²) in [6, 6.07) is 10.5. The molecule has 0 atom stereocenters. The number of carbonyl (C=O) groups excluding carboxylic acids is 3. The molecule has 0 N–H and O–H groups in total. The lowest BCUT2D eigenvalue weighted by Crippen LogP contribution is -2.40. The van der Waals surface area contributed by atoms with E-state index >= 15 is 0 Å². The lowest BCUT2D eigenvalue weighted by molar-refractivity contribution is 0.0548. The zero-order valence-corrected chi connectivity index (χ0v) is 16.6. The number of hydrogen-bond donors (Lipinski definition) is 0. The minimum Gasteiger partial charge on any atom is -0.341 e. The van der Waals surface area contributed by atoms with E-state index < -0.39 is 0 Å². The highest BCUT2D eigenvalue weighted by molar-refractivity contribution is 6.22. The summed E-state index contributed by atoms with van der Waals surface area (Å²) in [4.78, 5) is 45.9. The topological polar surface area (TPSA) is 70.6 Å². The normalized spacial score (nSPS) is 16.8. The Morgan fingerprint density at radius 1 is 1.07 bits per heavy atom. The van der Waals surface area contributed by atoms with E-state index in [1.165, 1.54) is 4.90 Å². The monoisotopic (exact) mass is 391 g/mol. The van der Waals surface area contributed by atoms with E-state index in [0.29, 0.717) is 29.7 Å². The molecular weight excluding hydrogens is 366 g/mol. The van der Waals surface area contributed by atoms with Crippen molar-refractivity contribution in [1.82, 2.24) is 14.8 Å². The lowest BCUT2D eigenvalue weighted by Gasteiger charge is -2.29. The number of pyridine rings is 1. The molecule has 2 heterocycles. The molecule has 1 aliphatic heterocycles. The highest BCUT2D eigenvalue weighted by Crippen LogP contribution is 2.31. The van der Waals surface area contributed by atoms with Crippen molar-refractivity contribution < 1.29 is 14.4 Å². The van der Waals surface area contributed by atoms with Gasteiger partial charge in [0, 0.05) is 43.5 Å². The first kappa shape index (κ1) is 19.3. The fourth-order valence-corrected chi connectivity index (χ4v) is 4.21. The predicted octanol–water partition coefficient (Wildman–Crippen LogP) is 3.33. The molecule has 1 saturated carbocycles. The Bertz CT molecular complexity index is 936. The van der Waals surface area contributed by atoms with Gasteiger partial charge < -0.3 is 4.90 Å². The Kier molecular flexibility index (Phi) is 5.43. The molecule has 2 aromatic rings. The van der Waals surface area contributed by atoms with E-state index in [4.69, 9.17) is 0 Å². The molecule has 0 unspecified atom stereocenters. The summed E-state index contributed by atoms with van der Waals surface area (Å²) in [6.45, 7) is 0.522. The number of fused-ring (bicyclic) bond motifs is 1. The van der Waals surface area contributed by atoms with Crippen molar-refractivity contribution in [3.05, 3.63) is 65.0 Å². The molecule has 0 saturated heterocycles. The number of hydrogen-bond acceptors (Lipinski definition) is 4. The van der Waals surface area contributed by atoms with Crippen LogP contribution in [0.25, 0.3) is 0 Å². The van der Waals surface area contributed by atoms with Crippen molar-refractivity contribution in [2.45, 2.75) is 44.6 Å². The Balaban J connectivity index is 1.48. The van der Waals surface area contributed by atoms with Gasteiger partial charge in [-0.15, -0.1) is 0 Å². The summed E-state index contributed by atoms with van der Waals surface area (Å²) in [5, 5.41) is 0. The Morgan fingerprint density at radius 2 is 1.83 bits per heavy atom. The summed E-state index contributed by atoms with van der Waals surface area (Å²) in [5.41, 5.74) is 2.11. The van der Waals surface area contributed by atoms with E-state index in [1.807, 2.05) is 18.2 Å². The first-order valence-electron chi connectivity index (χ1n) is 10.2. The second kappa shape index (κ2) is 8.15. The summed E-state index contributed by atoms with van der Waals surface area (Å²) in [7, 11) is 1.74. The molecule has 2 aliphatic rings. The van der Waals surface area contributed by atoms with Crippen LogP contribution in [-0.4, -0.2) is 52.1 Å². The molecule has 1 fully saturated rings. The fraction of sp³-hybridized carbons (Fsp3) is 0.391. The minimum absolute atomic E-state index is 0.0173. The number of likely N-dealkylation sites (N-methyl/N-ethyl adjacent to an activating group) is 1. The largest absolute Gasteiger partial charge is 0.341 e. The molecular formula is C23H25N3O3. The van der Waals surface area contributed by atoms with Crippen LogP contribution >= 0.6 is 0 Å². The van der Waals surface area contributed by atoms with Crippen LogP contribution < -0.4 is 0 Å². The zero-order valence-electron chi connectivity index (χ0n) is 16.6. The van der Waals surface area contributed by atoms with Crippen molar-refractivity contribution in [2.75, 3.05) is 13.6 Å². The summed E-state index contributed by atoms with van der Waals surface area (Å²) in [6.07, 6.45) is 7.37. The van der Waals surface area contributed by atoms with Gasteiger partial charge in [0.2, 0.25) is 0 Å². The van der Waals surface area contributed by atoms with Crippen molar-refractivity contribution in [3.63, 3.8) is 0 Å². The first-order chi connectivity index (χ1) is 14.1.